The molecule has 0 amide bonds. The molecule has 3 rings (SSSR count). The first-order valence-corrected chi connectivity index (χ1v) is 7.78. The van der Waals surface area contributed by atoms with Crippen molar-refractivity contribution in [3.05, 3.63) is 59.9 Å². The van der Waals surface area contributed by atoms with Crippen LogP contribution >= 0.6 is 11.8 Å². The zero-order valence-corrected chi connectivity index (χ0v) is 15.3. The number of halogens is 2. The zero-order chi connectivity index (χ0) is 17.1. The normalized spacial score (nSPS) is 10.7. The molecule has 3 aromatic rings. The third-order valence-electron chi connectivity index (χ3n) is 3.82. The first-order valence-electron chi connectivity index (χ1n) is 7.44. The fraction of sp³-hybridized carbons (Fsp3) is 0.118. The maximum absolute atomic E-state index is 5.92. The minimum atomic E-state index is 0. The van der Waals surface area contributed by atoms with Crippen LogP contribution in [0.3, 0.4) is 0 Å². The number of benzene rings is 2. The molecule has 0 saturated heterocycles. The van der Waals surface area contributed by atoms with Crippen molar-refractivity contribution in [1.29, 1.82) is 0 Å². The van der Waals surface area contributed by atoms with Crippen LogP contribution in [-0.2, 0) is 0 Å². The van der Waals surface area contributed by atoms with Crippen molar-refractivity contribution in [2.45, 2.75) is 13.8 Å². The summed E-state index contributed by atoms with van der Waals surface area (Å²) in [6.45, 7) is 4.06. The number of aromatic amines is 1. The minimum Gasteiger partial charge on any atom is -1.00 e. The van der Waals surface area contributed by atoms with Gasteiger partial charge in [-0.3, -0.25) is 0 Å². The summed E-state index contributed by atoms with van der Waals surface area (Å²) >= 11 is 5.92. The van der Waals surface area contributed by atoms with Crippen molar-refractivity contribution < 1.29 is 17.4 Å². The van der Waals surface area contributed by atoms with Crippen LogP contribution < -0.4 is 28.4 Å². The van der Waals surface area contributed by atoms with Gasteiger partial charge in [-0.1, -0.05) is 5.11 Å². The lowest BCUT2D eigenvalue weighted by Gasteiger charge is -2.12. The summed E-state index contributed by atoms with van der Waals surface area (Å²) < 4.78 is 1.35. The topological polar surface area (TPSA) is 81.8 Å². The molecule has 0 saturated carbocycles. The molecule has 1 aromatic heterocycles. The van der Waals surface area contributed by atoms with Crippen LogP contribution in [0, 0.1) is 13.8 Å². The Balaban J connectivity index is 0.00000225. The van der Waals surface area contributed by atoms with Crippen LogP contribution in [0.5, 0.6) is 0 Å². The van der Waals surface area contributed by atoms with Gasteiger partial charge in [0.15, 0.2) is 0 Å². The first kappa shape index (κ1) is 18.8. The summed E-state index contributed by atoms with van der Waals surface area (Å²) in [5, 5.41) is 11.8. The van der Waals surface area contributed by atoms with E-state index >= 15 is 0 Å². The summed E-state index contributed by atoms with van der Waals surface area (Å²) in [4.78, 5) is 2.91. The number of aromatic nitrogens is 2. The second kappa shape index (κ2) is 8.00. The molecule has 0 radical (unpaired) electrons. The Morgan fingerprint density at radius 3 is 2.40 bits per heavy atom. The largest absolute Gasteiger partial charge is 1.00 e. The summed E-state index contributed by atoms with van der Waals surface area (Å²) in [6, 6.07) is 11.5. The Hall–Kier alpha value is -2.57. The molecule has 4 N–H and O–H groups in total. The summed E-state index contributed by atoms with van der Waals surface area (Å²) in [5.74, 6) is 0.470. The molecule has 0 fully saturated rings. The van der Waals surface area contributed by atoms with E-state index in [9.17, 15) is 0 Å². The molecule has 2 aromatic carbocycles. The van der Waals surface area contributed by atoms with Gasteiger partial charge >= 0.3 is 5.95 Å². The smallest absolute Gasteiger partial charge is 0.435 e. The molecule has 25 heavy (non-hydrogen) atoms. The molecular weight excluding hydrogens is 359 g/mol. The maximum Gasteiger partial charge on any atom is 0.435 e. The predicted octanol–water partition coefficient (Wildman–Crippen LogP) is 1.67. The van der Waals surface area contributed by atoms with Gasteiger partial charge in [-0.15, -0.1) is 4.09 Å². The lowest BCUT2D eigenvalue weighted by Crippen LogP contribution is -3.00. The van der Waals surface area contributed by atoms with Crippen molar-refractivity contribution in [1.82, 2.24) is 4.09 Å². The minimum absolute atomic E-state index is 0. The molecule has 0 aliphatic rings. The van der Waals surface area contributed by atoms with Gasteiger partial charge in [0.1, 0.15) is 23.7 Å². The maximum atomic E-state index is 5.92. The molecule has 1 heterocycles. The van der Waals surface area contributed by atoms with E-state index in [1.807, 2.05) is 50.2 Å². The van der Waals surface area contributed by atoms with Gasteiger partial charge in [-0.25, -0.2) is 4.98 Å². The Morgan fingerprint density at radius 2 is 1.76 bits per heavy atom. The second-order valence-corrected chi connectivity index (χ2v) is 5.79. The number of nitrogen functional groups attached to an aromatic ring is 1. The van der Waals surface area contributed by atoms with Gasteiger partial charge in [0.05, 0.1) is 6.20 Å². The van der Waals surface area contributed by atoms with Gasteiger partial charge in [0, 0.05) is 22.2 Å². The number of H-pyrrole nitrogens is 1. The highest BCUT2D eigenvalue weighted by atomic mass is 35.5. The van der Waals surface area contributed by atoms with E-state index in [0.29, 0.717) is 5.95 Å². The first-order chi connectivity index (χ1) is 11.5. The number of anilines is 3. The molecule has 6 nitrogen and oxygen atoms in total. The molecule has 0 unspecified atom stereocenters. The highest BCUT2D eigenvalue weighted by Gasteiger charge is 2.10. The molecular formula is C17H18Cl2N6. The van der Waals surface area contributed by atoms with Crippen molar-refractivity contribution >= 4 is 40.5 Å². The highest BCUT2D eigenvalue weighted by molar-refractivity contribution is 6.16. The van der Waals surface area contributed by atoms with Gasteiger partial charge in [0.2, 0.25) is 0 Å². The summed E-state index contributed by atoms with van der Waals surface area (Å²) in [6.07, 6.45) is 3.35. The summed E-state index contributed by atoms with van der Waals surface area (Å²) in [7, 11) is 0. The zero-order valence-electron chi connectivity index (χ0n) is 13.8. The van der Waals surface area contributed by atoms with Crippen molar-refractivity contribution in [2.24, 2.45) is 10.2 Å². The van der Waals surface area contributed by atoms with E-state index in [-0.39, 0.29) is 12.4 Å². The van der Waals surface area contributed by atoms with E-state index in [1.165, 1.54) is 4.09 Å². The van der Waals surface area contributed by atoms with Crippen LogP contribution in [0.15, 0.2) is 59.0 Å². The van der Waals surface area contributed by atoms with E-state index in [2.05, 4.69) is 20.5 Å². The van der Waals surface area contributed by atoms with E-state index < -0.39 is 0 Å². The Kier molecular flexibility index (Phi) is 6.01. The number of rotatable bonds is 4. The Labute approximate surface area is 157 Å². The quantitative estimate of drug-likeness (QED) is 0.536. The van der Waals surface area contributed by atoms with E-state index in [4.69, 9.17) is 17.5 Å². The number of nitrogens with two attached hydrogens (primary N) is 1. The molecule has 0 spiro atoms. The van der Waals surface area contributed by atoms with Crippen LogP contribution in [0.25, 0.3) is 0 Å². The van der Waals surface area contributed by atoms with Gasteiger partial charge in [-0.05, 0) is 61.4 Å². The number of hydrogen-bond donors (Lipinski definition) is 2. The standard InChI is InChI=1S/C17H17ClN6.ClH/c1-11-12(2)16(22-23-17-20-9-10-24(17)18)8-7-15(11)21-14-5-3-13(19)4-6-14;/h3-10,21H,19H2,1-2H3;1H. The van der Waals surface area contributed by atoms with Crippen molar-refractivity contribution in [2.75, 3.05) is 11.1 Å². The number of nitrogens with zero attached hydrogens (tertiary/aromatic N) is 3. The molecule has 0 bridgehead atoms. The molecule has 0 aliphatic carbocycles. The van der Waals surface area contributed by atoms with E-state index in [1.54, 1.807) is 12.4 Å². The number of hydrogen-bond acceptors (Lipinski definition) is 4. The SMILES string of the molecule is Cc1c(N=Nc2[nH+]ccn2Cl)ccc(Nc2ccc(N)cc2)c1C.[Cl-]. The fourth-order valence-electron chi connectivity index (χ4n) is 2.25. The monoisotopic (exact) mass is 376 g/mol. The predicted molar refractivity (Wildman–Crippen MR) is 96.5 cm³/mol. The van der Waals surface area contributed by atoms with Crippen molar-refractivity contribution in [3.8, 4) is 0 Å². The van der Waals surface area contributed by atoms with Crippen molar-refractivity contribution in [3.63, 3.8) is 0 Å². The van der Waals surface area contributed by atoms with E-state index in [0.717, 1.165) is 33.9 Å². The lowest BCUT2D eigenvalue weighted by atomic mass is 10.1. The van der Waals surface area contributed by atoms with Crippen LogP contribution in [0.1, 0.15) is 11.1 Å². The molecule has 130 valence electrons. The summed E-state index contributed by atoms with van der Waals surface area (Å²) in [5.41, 5.74) is 11.4. The number of azo groups is 1. The fourth-order valence-corrected chi connectivity index (χ4v) is 2.39. The van der Waals surface area contributed by atoms with Crippen LogP contribution in [0.4, 0.5) is 28.7 Å². The number of nitrogens with one attached hydrogen (secondary N) is 2. The third-order valence-corrected chi connectivity index (χ3v) is 4.09. The number of imidazole rings is 1. The van der Waals surface area contributed by atoms with Gasteiger partial charge in [0.25, 0.3) is 0 Å². The average molecular weight is 377 g/mol. The Bertz CT molecular complexity index is 887. The highest BCUT2D eigenvalue weighted by Crippen LogP contribution is 2.30. The Morgan fingerprint density at radius 1 is 1.04 bits per heavy atom. The molecule has 8 heteroatoms. The van der Waals surface area contributed by atoms with Gasteiger partial charge < -0.3 is 23.5 Å². The third kappa shape index (κ3) is 4.29. The second-order valence-electron chi connectivity index (χ2n) is 5.42. The van der Waals surface area contributed by atoms with Crippen LogP contribution in [-0.4, -0.2) is 4.09 Å². The molecule has 0 atom stereocenters. The average Bonchev–Trinajstić information content (AvgIpc) is 2.98. The molecule has 0 aliphatic heterocycles. The van der Waals surface area contributed by atoms with Crippen LogP contribution in [0.2, 0.25) is 0 Å². The van der Waals surface area contributed by atoms with Gasteiger partial charge in [-0.2, -0.15) is 0 Å². The lowest BCUT2D eigenvalue weighted by molar-refractivity contribution is -0.361.